The number of benzene rings is 1. The van der Waals surface area contributed by atoms with E-state index in [0.717, 1.165) is 11.3 Å². The van der Waals surface area contributed by atoms with E-state index in [1.165, 1.54) is 0 Å². The molecule has 1 atom stereocenters. The van der Waals surface area contributed by atoms with Gasteiger partial charge in [-0.1, -0.05) is 12.1 Å². The molecule has 0 saturated carbocycles. The Kier molecular flexibility index (Phi) is 2.60. The third kappa shape index (κ3) is 2.10. The van der Waals surface area contributed by atoms with Gasteiger partial charge in [-0.3, -0.25) is 0 Å². The molecule has 1 aromatic carbocycles. The average molecular weight is 207 g/mol. The van der Waals surface area contributed by atoms with Gasteiger partial charge < -0.3 is 19.7 Å². The SMILES string of the molecule is O=C([O-])Cc1ccc2c(c1)CC(CO)O2. The van der Waals surface area contributed by atoms with Crippen LogP contribution in [0.15, 0.2) is 18.2 Å². The molecule has 1 unspecified atom stereocenters. The van der Waals surface area contributed by atoms with Crippen LogP contribution in [0.1, 0.15) is 11.1 Å². The van der Waals surface area contributed by atoms with Crippen molar-refractivity contribution >= 4 is 5.97 Å². The summed E-state index contributed by atoms with van der Waals surface area (Å²) in [5.74, 6) is -0.358. The van der Waals surface area contributed by atoms with Crippen molar-refractivity contribution in [3.05, 3.63) is 29.3 Å². The van der Waals surface area contributed by atoms with E-state index in [9.17, 15) is 9.90 Å². The van der Waals surface area contributed by atoms with Crippen LogP contribution < -0.4 is 9.84 Å². The molecular formula is C11H11O4-. The summed E-state index contributed by atoms with van der Waals surface area (Å²) in [4.78, 5) is 10.4. The Balaban J connectivity index is 2.18. The lowest BCUT2D eigenvalue weighted by Crippen LogP contribution is -2.24. The third-order valence-electron chi connectivity index (χ3n) is 2.42. The van der Waals surface area contributed by atoms with Crippen molar-refractivity contribution in [3.63, 3.8) is 0 Å². The number of hydrogen-bond donors (Lipinski definition) is 1. The highest BCUT2D eigenvalue weighted by Crippen LogP contribution is 2.29. The van der Waals surface area contributed by atoms with Crippen LogP contribution in [0.4, 0.5) is 0 Å². The number of carbonyl (C=O) groups excluding carboxylic acids is 1. The molecule has 4 nitrogen and oxygen atoms in total. The van der Waals surface area contributed by atoms with E-state index >= 15 is 0 Å². The van der Waals surface area contributed by atoms with Gasteiger partial charge in [-0.25, -0.2) is 0 Å². The molecule has 1 aliphatic rings. The fourth-order valence-electron chi connectivity index (χ4n) is 1.75. The summed E-state index contributed by atoms with van der Waals surface area (Å²) in [6.45, 7) is -0.0233. The first-order chi connectivity index (χ1) is 7.19. The third-order valence-corrected chi connectivity index (χ3v) is 2.42. The second kappa shape index (κ2) is 3.90. The Morgan fingerprint density at radius 2 is 2.40 bits per heavy atom. The second-order valence-corrected chi connectivity index (χ2v) is 3.62. The average Bonchev–Trinajstić information content (AvgIpc) is 2.58. The summed E-state index contributed by atoms with van der Waals surface area (Å²) in [5.41, 5.74) is 1.66. The summed E-state index contributed by atoms with van der Waals surface area (Å²) in [7, 11) is 0. The van der Waals surface area contributed by atoms with Crippen molar-refractivity contribution in [3.8, 4) is 5.75 Å². The van der Waals surface area contributed by atoms with Crippen molar-refractivity contribution < 1.29 is 19.7 Å². The van der Waals surface area contributed by atoms with Crippen molar-refractivity contribution in [2.24, 2.45) is 0 Å². The molecule has 0 radical (unpaired) electrons. The Labute approximate surface area is 87.1 Å². The minimum absolute atomic E-state index is 0.0233. The Morgan fingerprint density at radius 1 is 1.60 bits per heavy atom. The van der Waals surface area contributed by atoms with Gasteiger partial charge in [0.15, 0.2) is 0 Å². The van der Waals surface area contributed by atoms with Crippen LogP contribution in [0, 0.1) is 0 Å². The van der Waals surface area contributed by atoms with Gasteiger partial charge in [-0.15, -0.1) is 0 Å². The van der Waals surface area contributed by atoms with Gasteiger partial charge in [0, 0.05) is 18.8 Å². The van der Waals surface area contributed by atoms with Crippen LogP contribution in [-0.2, 0) is 17.6 Å². The predicted molar refractivity (Wildman–Crippen MR) is 50.4 cm³/mol. The molecule has 1 aromatic rings. The maximum atomic E-state index is 10.4. The van der Waals surface area contributed by atoms with Crippen molar-refractivity contribution in [2.45, 2.75) is 18.9 Å². The van der Waals surface area contributed by atoms with E-state index in [2.05, 4.69) is 0 Å². The minimum Gasteiger partial charge on any atom is -0.550 e. The molecule has 15 heavy (non-hydrogen) atoms. The zero-order valence-electron chi connectivity index (χ0n) is 8.10. The summed E-state index contributed by atoms with van der Waals surface area (Å²) >= 11 is 0. The molecule has 1 aliphatic heterocycles. The van der Waals surface area contributed by atoms with E-state index in [1.807, 2.05) is 0 Å². The molecule has 4 heteroatoms. The highest BCUT2D eigenvalue weighted by atomic mass is 16.5. The molecule has 0 aliphatic carbocycles. The molecule has 0 fully saturated rings. The van der Waals surface area contributed by atoms with E-state index < -0.39 is 5.97 Å². The van der Waals surface area contributed by atoms with Crippen LogP contribution in [0.3, 0.4) is 0 Å². The summed E-state index contributed by atoms with van der Waals surface area (Å²) < 4.78 is 5.40. The van der Waals surface area contributed by atoms with Gasteiger partial charge in [-0.2, -0.15) is 0 Å². The molecule has 80 valence electrons. The maximum absolute atomic E-state index is 10.4. The molecule has 1 N–H and O–H groups in total. The number of fused-ring (bicyclic) bond motifs is 1. The van der Waals surface area contributed by atoms with Crippen LogP contribution in [-0.4, -0.2) is 23.8 Å². The van der Waals surface area contributed by atoms with E-state index in [0.29, 0.717) is 12.0 Å². The molecule has 0 spiro atoms. The maximum Gasteiger partial charge on any atom is 0.126 e. The Bertz CT molecular complexity index is 386. The van der Waals surface area contributed by atoms with Crippen molar-refractivity contribution in [1.82, 2.24) is 0 Å². The van der Waals surface area contributed by atoms with Gasteiger partial charge in [0.25, 0.3) is 0 Å². The van der Waals surface area contributed by atoms with Crippen molar-refractivity contribution in [2.75, 3.05) is 6.61 Å². The number of ether oxygens (including phenoxy) is 1. The fraction of sp³-hybridized carbons (Fsp3) is 0.364. The van der Waals surface area contributed by atoms with Gasteiger partial charge in [-0.05, 0) is 17.2 Å². The zero-order valence-corrected chi connectivity index (χ0v) is 8.10. The Hall–Kier alpha value is -1.55. The van der Waals surface area contributed by atoms with Gasteiger partial charge in [0.2, 0.25) is 0 Å². The fourth-order valence-corrected chi connectivity index (χ4v) is 1.75. The minimum atomic E-state index is -1.09. The normalized spacial score (nSPS) is 18.3. The molecule has 0 amide bonds. The number of carboxylic acids is 1. The lowest BCUT2D eigenvalue weighted by molar-refractivity contribution is -0.304. The number of aliphatic carboxylic acids is 1. The van der Waals surface area contributed by atoms with E-state index in [-0.39, 0.29) is 19.1 Å². The van der Waals surface area contributed by atoms with E-state index in [4.69, 9.17) is 9.84 Å². The van der Waals surface area contributed by atoms with Crippen molar-refractivity contribution in [1.29, 1.82) is 0 Å². The molecule has 0 aromatic heterocycles. The lowest BCUT2D eigenvalue weighted by atomic mass is 10.0. The highest BCUT2D eigenvalue weighted by Gasteiger charge is 2.21. The van der Waals surface area contributed by atoms with Crippen LogP contribution >= 0.6 is 0 Å². The van der Waals surface area contributed by atoms with Crippen LogP contribution in [0.25, 0.3) is 0 Å². The van der Waals surface area contributed by atoms with E-state index in [1.54, 1.807) is 18.2 Å². The first kappa shape index (κ1) is 9.98. The molecule has 0 bridgehead atoms. The molecule has 0 saturated heterocycles. The van der Waals surface area contributed by atoms with Crippen LogP contribution in [0.5, 0.6) is 5.75 Å². The van der Waals surface area contributed by atoms with Crippen LogP contribution in [0.2, 0.25) is 0 Å². The topological polar surface area (TPSA) is 69.6 Å². The Morgan fingerprint density at radius 3 is 3.07 bits per heavy atom. The number of rotatable bonds is 3. The second-order valence-electron chi connectivity index (χ2n) is 3.62. The molecular weight excluding hydrogens is 196 g/mol. The largest absolute Gasteiger partial charge is 0.550 e. The predicted octanol–water partition coefficient (Wildman–Crippen LogP) is -0.725. The zero-order chi connectivity index (χ0) is 10.8. The quantitative estimate of drug-likeness (QED) is 0.709. The summed E-state index contributed by atoms with van der Waals surface area (Å²) in [5, 5.41) is 19.3. The van der Waals surface area contributed by atoms with Gasteiger partial charge in [0.1, 0.15) is 11.9 Å². The summed E-state index contributed by atoms with van der Waals surface area (Å²) in [6.07, 6.45) is 0.349. The first-order valence-electron chi connectivity index (χ1n) is 4.78. The standard InChI is InChI=1S/C11H12O4/c12-6-9-5-8-3-7(4-11(13)14)1-2-10(8)15-9/h1-3,9,12H,4-6H2,(H,13,14)/p-1. The number of hydrogen-bond acceptors (Lipinski definition) is 4. The highest BCUT2D eigenvalue weighted by molar-refractivity contribution is 5.68. The summed E-state index contributed by atoms with van der Waals surface area (Å²) in [6, 6.07) is 5.23. The first-order valence-corrected chi connectivity index (χ1v) is 4.78. The number of aliphatic hydroxyl groups excluding tert-OH is 1. The number of carbonyl (C=O) groups is 1. The van der Waals surface area contributed by atoms with Gasteiger partial charge in [0.05, 0.1) is 6.61 Å². The molecule has 1 heterocycles. The van der Waals surface area contributed by atoms with Gasteiger partial charge >= 0.3 is 0 Å². The number of carboxylic acid groups (broad SMARTS) is 1. The monoisotopic (exact) mass is 207 g/mol. The molecule has 2 rings (SSSR count). The number of aliphatic hydroxyl groups is 1. The lowest BCUT2D eigenvalue weighted by Gasteiger charge is -2.05. The smallest absolute Gasteiger partial charge is 0.126 e.